The number of para-hydroxylation sites is 1. The molecule has 0 spiro atoms. The number of ether oxygens (including phenoxy) is 1. The second-order valence-electron chi connectivity index (χ2n) is 4.92. The highest BCUT2D eigenvalue weighted by Crippen LogP contribution is 2.41. The molecule has 0 bridgehead atoms. The Bertz CT molecular complexity index is 380. The molecule has 1 saturated carbocycles. The van der Waals surface area contributed by atoms with E-state index in [2.05, 4.69) is 6.07 Å². The van der Waals surface area contributed by atoms with Crippen LogP contribution >= 0.6 is 0 Å². The number of aliphatic hydroxyl groups excluding tert-OH is 1. The minimum atomic E-state index is -0.324. The summed E-state index contributed by atoms with van der Waals surface area (Å²) in [6.07, 6.45) is 5.50. The van der Waals surface area contributed by atoms with Crippen LogP contribution in [0.1, 0.15) is 42.9 Å². The minimum Gasteiger partial charge on any atom is -0.493 e. The van der Waals surface area contributed by atoms with Crippen molar-refractivity contribution >= 4 is 0 Å². The standard InChI is InChI=1S/C14H18O2/c15-13(10-4-1-2-5-10)12-7-3-6-11-8-9-16-14(11)12/h3,6-7,10,13,15H,1-2,4-5,8-9H2. The zero-order valence-corrected chi connectivity index (χ0v) is 9.48. The molecule has 1 aromatic rings. The number of aliphatic hydroxyl groups is 1. The first-order chi connectivity index (χ1) is 7.86. The predicted molar refractivity (Wildman–Crippen MR) is 62.6 cm³/mol. The summed E-state index contributed by atoms with van der Waals surface area (Å²) in [5, 5.41) is 10.4. The highest BCUT2D eigenvalue weighted by atomic mass is 16.5. The van der Waals surface area contributed by atoms with Crippen molar-refractivity contribution in [1.29, 1.82) is 0 Å². The van der Waals surface area contributed by atoms with Gasteiger partial charge in [-0.2, -0.15) is 0 Å². The molecule has 86 valence electrons. The third-order valence-corrected chi connectivity index (χ3v) is 3.91. The van der Waals surface area contributed by atoms with E-state index in [1.165, 1.54) is 18.4 Å². The second-order valence-corrected chi connectivity index (χ2v) is 4.92. The average Bonchev–Trinajstić information content (AvgIpc) is 2.98. The molecule has 1 aliphatic carbocycles. The second kappa shape index (κ2) is 4.10. The first kappa shape index (κ1) is 10.2. The lowest BCUT2D eigenvalue weighted by molar-refractivity contribution is 0.108. The summed E-state index contributed by atoms with van der Waals surface area (Å²) in [7, 11) is 0. The van der Waals surface area contributed by atoms with Gasteiger partial charge in [-0.1, -0.05) is 31.0 Å². The van der Waals surface area contributed by atoms with Gasteiger partial charge in [0.15, 0.2) is 0 Å². The largest absolute Gasteiger partial charge is 0.493 e. The van der Waals surface area contributed by atoms with Crippen molar-refractivity contribution < 1.29 is 9.84 Å². The van der Waals surface area contributed by atoms with Crippen molar-refractivity contribution in [3.8, 4) is 5.75 Å². The Morgan fingerprint density at radius 2 is 2.06 bits per heavy atom. The third-order valence-electron chi connectivity index (χ3n) is 3.91. The summed E-state index contributed by atoms with van der Waals surface area (Å²) >= 11 is 0. The number of fused-ring (bicyclic) bond motifs is 1. The molecule has 1 N–H and O–H groups in total. The van der Waals surface area contributed by atoms with Gasteiger partial charge in [-0.15, -0.1) is 0 Å². The van der Waals surface area contributed by atoms with Crippen LogP contribution in [-0.4, -0.2) is 11.7 Å². The summed E-state index contributed by atoms with van der Waals surface area (Å²) in [6, 6.07) is 6.17. The quantitative estimate of drug-likeness (QED) is 0.827. The van der Waals surface area contributed by atoms with E-state index < -0.39 is 0 Å². The van der Waals surface area contributed by atoms with Crippen molar-refractivity contribution in [3.63, 3.8) is 0 Å². The van der Waals surface area contributed by atoms with Crippen LogP contribution in [0.5, 0.6) is 5.75 Å². The van der Waals surface area contributed by atoms with Crippen molar-refractivity contribution in [2.45, 2.75) is 38.2 Å². The predicted octanol–water partition coefficient (Wildman–Crippen LogP) is 2.85. The van der Waals surface area contributed by atoms with E-state index in [4.69, 9.17) is 4.74 Å². The third kappa shape index (κ3) is 1.61. The minimum absolute atomic E-state index is 0.324. The zero-order valence-electron chi connectivity index (χ0n) is 9.48. The molecular weight excluding hydrogens is 200 g/mol. The highest BCUT2D eigenvalue weighted by Gasteiger charge is 2.28. The number of hydrogen-bond donors (Lipinski definition) is 1. The SMILES string of the molecule is OC(c1cccc2c1OCC2)C1CCCC1. The van der Waals surface area contributed by atoms with Crippen LogP contribution in [0.4, 0.5) is 0 Å². The van der Waals surface area contributed by atoms with Crippen LogP contribution < -0.4 is 4.74 Å². The molecule has 2 aliphatic rings. The molecule has 16 heavy (non-hydrogen) atoms. The molecule has 0 aromatic heterocycles. The van der Waals surface area contributed by atoms with Crippen molar-refractivity contribution in [2.24, 2.45) is 5.92 Å². The topological polar surface area (TPSA) is 29.5 Å². The fourth-order valence-electron chi connectivity index (χ4n) is 3.00. The maximum absolute atomic E-state index is 10.4. The van der Waals surface area contributed by atoms with Crippen LogP contribution in [0.25, 0.3) is 0 Å². The zero-order chi connectivity index (χ0) is 11.0. The monoisotopic (exact) mass is 218 g/mol. The Kier molecular flexibility index (Phi) is 2.60. The van der Waals surface area contributed by atoms with Crippen LogP contribution in [0.3, 0.4) is 0 Å². The summed E-state index contributed by atoms with van der Waals surface area (Å²) in [5.74, 6) is 1.40. The van der Waals surface area contributed by atoms with Gasteiger partial charge in [0, 0.05) is 12.0 Å². The number of rotatable bonds is 2. The van der Waals surface area contributed by atoms with E-state index in [1.807, 2.05) is 12.1 Å². The molecule has 1 aliphatic heterocycles. The van der Waals surface area contributed by atoms with Gasteiger partial charge >= 0.3 is 0 Å². The molecular formula is C14H18O2. The van der Waals surface area contributed by atoms with Crippen LogP contribution in [-0.2, 0) is 6.42 Å². The molecule has 2 heteroatoms. The normalized spacial score (nSPS) is 21.8. The molecule has 1 heterocycles. The summed E-state index contributed by atoms with van der Waals surface area (Å²) in [6.45, 7) is 0.768. The van der Waals surface area contributed by atoms with Crippen LogP contribution in [0, 0.1) is 5.92 Å². The smallest absolute Gasteiger partial charge is 0.128 e. The molecule has 1 fully saturated rings. The average molecular weight is 218 g/mol. The molecule has 1 atom stereocenters. The lowest BCUT2D eigenvalue weighted by atomic mass is 9.92. The summed E-state index contributed by atoms with van der Waals surface area (Å²) in [4.78, 5) is 0. The summed E-state index contributed by atoms with van der Waals surface area (Å²) in [5.41, 5.74) is 2.27. The van der Waals surface area contributed by atoms with E-state index in [0.717, 1.165) is 37.2 Å². The van der Waals surface area contributed by atoms with Gasteiger partial charge in [0.1, 0.15) is 5.75 Å². The Hall–Kier alpha value is -1.02. The van der Waals surface area contributed by atoms with Gasteiger partial charge in [0.2, 0.25) is 0 Å². The Morgan fingerprint density at radius 3 is 2.88 bits per heavy atom. The van der Waals surface area contributed by atoms with Gasteiger partial charge in [-0.05, 0) is 24.3 Å². The van der Waals surface area contributed by atoms with Crippen molar-refractivity contribution in [3.05, 3.63) is 29.3 Å². The van der Waals surface area contributed by atoms with Crippen LogP contribution in [0.15, 0.2) is 18.2 Å². The Labute approximate surface area is 96.2 Å². The molecule has 0 amide bonds. The van der Waals surface area contributed by atoms with Gasteiger partial charge in [-0.3, -0.25) is 0 Å². The van der Waals surface area contributed by atoms with E-state index >= 15 is 0 Å². The fraction of sp³-hybridized carbons (Fsp3) is 0.571. The lowest BCUT2D eigenvalue weighted by Gasteiger charge is -2.20. The lowest BCUT2D eigenvalue weighted by Crippen LogP contribution is -2.10. The van der Waals surface area contributed by atoms with Crippen LogP contribution in [0.2, 0.25) is 0 Å². The van der Waals surface area contributed by atoms with Crippen molar-refractivity contribution in [1.82, 2.24) is 0 Å². The molecule has 3 rings (SSSR count). The molecule has 0 saturated heterocycles. The summed E-state index contributed by atoms with van der Waals surface area (Å²) < 4.78 is 5.65. The Morgan fingerprint density at radius 1 is 1.25 bits per heavy atom. The molecule has 1 aromatic carbocycles. The van der Waals surface area contributed by atoms with Gasteiger partial charge in [0.05, 0.1) is 12.7 Å². The fourth-order valence-corrected chi connectivity index (χ4v) is 3.00. The van der Waals surface area contributed by atoms with E-state index in [0.29, 0.717) is 5.92 Å². The first-order valence-electron chi connectivity index (χ1n) is 6.29. The highest BCUT2D eigenvalue weighted by molar-refractivity contribution is 5.45. The molecule has 1 unspecified atom stereocenters. The van der Waals surface area contributed by atoms with E-state index in [-0.39, 0.29) is 6.10 Å². The number of hydrogen-bond acceptors (Lipinski definition) is 2. The van der Waals surface area contributed by atoms with E-state index in [1.54, 1.807) is 0 Å². The Balaban J connectivity index is 1.91. The number of benzene rings is 1. The first-order valence-corrected chi connectivity index (χ1v) is 6.29. The van der Waals surface area contributed by atoms with Gasteiger partial charge < -0.3 is 9.84 Å². The molecule has 0 radical (unpaired) electrons. The maximum atomic E-state index is 10.4. The maximum Gasteiger partial charge on any atom is 0.128 e. The van der Waals surface area contributed by atoms with E-state index in [9.17, 15) is 5.11 Å². The van der Waals surface area contributed by atoms with Gasteiger partial charge in [0.25, 0.3) is 0 Å². The van der Waals surface area contributed by atoms with Crippen molar-refractivity contribution in [2.75, 3.05) is 6.61 Å². The molecule has 2 nitrogen and oxygen atoms in total. The van der Waals surface area contributed by atoms with Gasteiger partial charge in [-0.25, -0.2) is 0 Å².